The topological polar surface area (TPSA) is 71.1 Å². The zero-order valence-electron chi connectivity index (χ0n) is 19.9. The number of nitrogens with zero attached hydrogens (tertiary/aromatic N) is 2. The van der Waals surface area contributed by atoms with Gasteiger partial charge >= 0.3 is 0 Å². The average molecular weight is 456 g/mol. The van der Waals surface area contributed by atoms with E-state index in [9.17, 15) is 9.59 Å². The van der Waals surface area contributed by atoms with E-state index < -0.39 is 5.54 Å². The molecule has 0 bridgehead atoms. The number of hydrogen-bond donors (Lipinski definition) is 1. The maximum atomic E-state index is 13.8. The largest absolute Gasteiger partial charge is 0.381 e. The normalized spacial score (nSPS) is 26.3. The number of rotatable bonds is 5. The highest BCUT2D eigenvalue weighted by Crippen LogP contribution is 2.48. The van der Waals surface area contributed by atoms with Crippen molar-refractivity contribution in [2.45, 2.75) is 63.1 Å². The van der Waals surface area contributed by atoms with Crippen molar-refractivity contribution < 1.29 is 19.1 Å². The van der Waals surface area contributed by atoms with Gasteiger partial charge in [-0.15, -0.1) is 0 Å². The van der Waals surface area contributed by atoms with E-state index in [-0.39, 0.29) is 29.8 Å². The summed E-state index contributed by atoms with van der Waals surface area (Å²) in [6, 6.07) is 7.82. The predicted molar refractivity (Wildman–Crippen MR) is 125 cm³/mol. The lowest BCUT2D eigenvalue weighted by molar-refractivity contribution is -0.132. The molecule has 7 nitrogen and oxygen atoms in total. The highest BCUT2D eigenvalue weighted by atomic mass is 16.5. The van der Waals surface area contributed by atoms with Crippen LogP contribution < -0.4 is 5.32 Å². The van der Waals surface area contributed by atoms with E-state index in [0.717, 1.165) is 64.1 Å². The maximum Gasteiger partial charge on any atom is 0.254 e. The zero-order valence-corrected chi connectivity index (χ0v) is 19.9. The first-order valence-electron chi connectivity index (χ1n) is 12.6. The average Bonchev–Trinajstić information content (AvgIpc) is 2.78. The van der Waals surface area contributed by atoms with Crippen LogP contribution in [0.1, 0.15) is 61.4 Å². The van der Waals surface area contributed by atoms with Crippen molar-refractivity contribution in [1.82, 2.24) is 15.1 Å². The minimum atomic E-state index is -0.500. The number of benzene rings is 1. The van der Waals surface area contributed by atoms with Crippen molar-refractivity contribution >= 4 is 11.8 Å². The van der Waals surface area contributed by atoms with Gasteiger partial charge in [0, 0.05) is 44.5 Å². The van der Waals surface area contributed by atoms with Crippen LogP contribution in [-0.2, 0) is 14.3 Å². The van der Waals surface area contributed by atoms with Crippen LogP contribution in [0.5, 0.6) is 0 Å². The van der Waals surface area contributed by atoms with Gasteiger partial charge in [-0.1, -0.05) is 18.2 Å². The van der Waals surface area contributed by atoms with Crippen LogP contribution in [0.2, 0.25) is 0 Å². The predicted octanol–water partition coefficient (Wildman–Crippen LogP) is 2.41. The van der Waals surface area contributed by atoms with Crippen molar-refractivity contribution in [2.24, 2.45) is 5.92 Å². The van der Waals surface area contributed by atoms with Crippen LogP contribution in [0, 0.1) is 5.92 Å². The molecule has 0 saturated carbocycles. The van der Waals surface area contributed by atoms with Crippen molar-refractivity contribution in [1.29, 1.82) is 0 Å². The van der Waals surface area contributed by atoms with E-state index in [0.29, 0.717) is 24.7 Å². The third kappa shape index (κ3) is 4.19. The second-order valence-electron chi connectivity index (χ2n) is 10.5. The Bertz CT molecular complexity index is 870. The van der Waals surface area contributed by atoms with Crippen LogP contribution in [0.4, 0.5) is 0 Å². The molecule has 7 heteroatoms. The summed E-state index contributed by atoms with van der Waals surface area (Å²) in [5.74, 6) is 0.418. The molecule has 33 heavy (non-hydrogen) atoms. The zero-order chi connectivity index (χ0) is 23.0. The van der Waals surface area contributed by atoms with E-state index >= 15 is 0 Å². The molecule has 4 aliphatic rings. The lowest BCUT2D eigenvalue weighted by atomic mass is 9.66. The number of nitrogens with one attached hydrogen (secondary N) is 1. The fourth-order valence-electron chi connectivity index (χ4n) is 6.39. The summed E-state index contributed by atoms with van der Waals surface area (Å²) in [4.78, 5) is 32.1. The standard InChI is InChI=1S/C26H37N3O4/c1-18(2)29-25(31)22-6-4-3-5-21(22)23(24(30)27-20-16-33-17-20)26(29)9-11-28(12-10-26)15-19-7-13-32-14-8-19/h3-6,18-20,23H,7-17H2,1-2H3,(H,27,30). The molecule has 1 aromatic carbocycles. The Kier molecular flexibility index (Phi) is 6.47. The number of carbonyl (C=O) groups excluding carboxylic acids is 2. The summed E-state index contributed by atoms with van der Waals surface area (Å²) in [5.41, 5.74) is 1.06. The molecule has 1 unspecified atom stereocenters. The summed E-state index contributed by atoms with van der Waals surface area (Å²) in [5, 5.41) is 3.22. The first-order valence-corrected chi connectivity index (χ1v) is 12.6. The Morgan fingerprint density at radius 3 is 2.45 bits per heavy atom. The Morgan fingerprint density at radius 1 is 1.12 bits per heavy atom. The second-order valence-corrected chi connectivity index (χ2v) is 10.5. The Hall–Kier alpha value is -1.96. The number of amides is 2. The van der Waals surface area contributed by atoms with Gasteiger partial charge in [-0.2, -0.15) is 0 Å². The molecule has 3 fully saturated rings. The first-order chi connectivity index (χ1) is 16.0. The number of likely N-dealkylation sites (tertiary alicyclic amines) is 1. The SMILES string of the molecule is CC(C)N1C(=O)c2ccccc2C(C(=O)NC2COC2)C12CCN(CC1CCOCC1)CC2. The molecule has 1 N–H and O–H groups in total. The van der Waals surface area contributed by atoms with E-state index in [1.807, 2.05) is 29.2 Å². The van der Waals surface area contributed by atoms with Crippen LogP contribution in [-0.4, -0.2) is 85.3 Å². The number of carbonyl (C=O) groups is 2. The summed E-state index contributed by atoms with van der Waals surface area (Å²) >= 11 is 0. The quantitative estimate of drug-likeness (QED) is 0.738. The number of fused-ring (bicyclic) bond motifs is 1. The minimum absolute atomic E-state index is 0.0234. The number of hydrogen-bond acceptors (Lipinski definition) is 5. The summed E-state index contributed by atoms with van der Waals surface area (Å²) in [7, 11) is 0. The van der Waals surface area contributed by atoms with Gasteiger partial charge in [0.1, 0.15) is 0 Å². The molecular weight excluding hydrogens is 418 g/mol. The summed E-state index contributed by atoms with van der Waals surface area (Å²) in [6.07, 6.45) is 3.88. The molecule has 5 rings (SSSR count). The van der Waals surface area contributed by atoms with Gasteiger partial charge in [0.2, 0.25) is 5.91 Å². The van der Waals surface area contributed by atoms with E-state index in [1.54, 1.807) is 0 Å². The van der Waals surface area contributed by atoms with Gasteiger partial charge in [0.15, 0.2) is 0 Å². The fraction of sp³-hybridized carbons (Fsp3) is 0.692. The van der Waals surface area contributed by atoms with Gasteiger partial charge < -0.3 is 24.6 Å². The third-order valence-corrected chi connectivity index (χ3v) is 8.08. The molecule has 4 heterocycles. The summed E-state index contributed by atoms with van der Waals surface area (Å²) in [6.45, 7) is 9.93. The first kappa shape index (κ1) is 22.8. The molecule has 2 amide bonds. The smallest absolute Gasteiger partial charge is 0.254 e. The van der Waals surface area contributed by atoms with Crippen molar-refractivity contribution in [3.05, 3.63) is 35.4 Å². The van der Waals surface area contributed by atoms with Gasteiger partial charge in [-0.25, -0.2) is 0 Å². The highest BCUT2D eigenvalue weighted by Gasteiger charge is 2.56. The lowest BCUT2D eigenvalue weighted by Gasteiger charge is -2.57. The monoisotopic (exact) mass is 455 g/mol. The molecule has 180 valence electrons. The molecule has 3 saturated heterocycles. The number of piperidine rings is 1. The van der Waals surface area contributed by atoms with Crippen LogP contribution in [0.3, 0.4) is 0 Å². The lowest BCUT2D eigenvalue weighted by Crippen LogP contribution is -2.67. The molecule has 0 aromatic heterocycles. The van der Waals surface area contributed by atoms with Crippen molar-refractivity contribution in [2.75, 3.05) is 46.1 Å². The van der Waals surface area contributed by atoms with E-state index in [1.165, 1.54) is 0 Å². The molecule has 0 aliphatic carbocycles. The molecule has 1 aromatic rings. The van der Waals surface area contributed by atoms with Crippen LogP contribution >= 0.6 is 0 Å². The fourth-order valence-corrected chi connectivity index (χ4v) is 6.39. The van der Waals surface area contributed by atoms with Gasteiger partial charge in [-0.05, 0) is 57.1 Å². The molecule has 1 spiro atoms. The molecule has 1 atom stereocenters. The van der Waals surface area contributed by atoms with Crippen molar-refractivity contribution in [3.63, 3.8) is 0 Å². The molecular formula is C26H37N3O4. The Labute approximate surface area is 196 Å². The summed E-state index contributed by atoms with van der Waals surface area (Å²) < 4.78 is 10.8. The van der Waals surface area contributed by atoms with Gasteiger partial charge in [0.05, 0.1) is 30.7 Å². The van der Waals surface area contributed by atoms with Crippen LogP contribution in [0.15, 0.2) is 24.3 Å². The molecule has 0 radical (unpaired) electrons. The molecule has 4 aliphatic heterocycles. The Morgan fingerprint density at radius 2 is 1.82 bits per heavy atom. The van der Waals surface area contributed by atoms with E-state index in [2.05, 4.69) is 24.1 Å². The second kappa shape index (κ2) is 9.35. The van der Waals surface area contributed by atoms with Crippen molar-refractivity contribution in [3.8, 4) is 0 Å². The maximum absolute atomic E-state index is 13.8. The van der Waals surface area contributed by atoms with Gasteiger partial charge in [-0.3, -0.25) is 9.59 Å². The van der Waals surface area contributed by atoms with E-state index in [4.69, 9.17) is 9.47 Å². The van der Waals surface area contributed by atoms with Crippen LogP contribution in [0.25, 0.3) is 0 Å². The Balaban J connectivity index is 1.45. The highest BCUT2D eigenvalue weighted by molar-refractivity contribution is 6.02. The minimum Gasteiger partial charge on any atom is -0.381 e. The number of ether oxygens (including phenoxy) is 2. The van der Waals surface area contributed by atoms with Gasteiger partial charge in [0.25, 0.3) is 5.91 Å². The third-order valence-electron chi connectivity index (χ3n) is 8.08.